The van der Waals surface area contributed by atoms with E-state index in [9.17, 15) is 13.6 Å². The highest BCUT2D eigenvalue weighted by atomic mass is 32.2. The van der Waals surface area contributed by atoms with Crippen LogP contribution in [0.3, 0.4) is 0 Å². The highest BCUT2D eigenvalue weighted by Gasteiger charge is 2.19. The van der Waals surface area contributed by atoms with Gasteiger partial charge in [0.05, 0.1) is 11.4 Å². The summed E-state index contributed by atoms with van der Waals surface area (Å²) in [5.74, 6) is -1.14. The van der Waals surface area contributed by atoms with Gasteiger partial charge in [0.15, 0.2) is 5.16 Å². The summed E-state index contributed by atoms with van der Waals surface area (Å²) in [6, 6.07) is 12.3. The standard InChI is InChI=1S/C19H14F2N6O2S/c1-27-17(18-23-16(26-29-18)11-5-3-2-4-6-11)24-25-19(27)30-10-15(28)22-14-8-7-12(20)9-13(14)21/h2-9H,10H2,1H3,(H,22,28). The largest absolute Gasteiger partial charge is 0.330 e. The molecule has 30 heavy (non-hydrogen) atoms. The van der Waals surface area contributed by atoms with Gasteiger partial charge in [0.2, 0.25) is 17.6 Å². The van der Waals surface area contributed by atoms with Crippen LogP contribution in [-0.4, -0.2) is 36.6 Å². The normalized spacial score (nSPS) is 10.9. The number of hydrogen-bond acceptors (Lipinski definition) is 7. The van der Waals surface area contributed by atoms with Crippen molar-refractivity contribution in [3.05, 3.63) is 60.2 Å². The Labute approximate surface area is 173 Å². The molecular weight excluding hydrogens is 414 g/mol. The lowest BCUT2D eigenvalue weighted by atomic mass is 10.2. The van der Waals surface area contributed by atoms with Gasteiger partial charge in [0.1, 0.15) is 11.6 Å². The van der Waals surface area contributed by atoms with Crippen LogP contribution in [0.4, 0.5) is 14.5 Å². The van der Waals surface area contributed by atoms with Gasteiger partial charge in [-0.05, 0) is 12.1 Å². The number of carbonyl (C=O) groups is 1. The first-order chi connectivity index (χ1) is 14.5. The fourth-order valence-corrected chi connectivity index (χ4v) is 3.26. The number of carbonyl (C=O) groups excluding carboxylic acids is 1. The van der Waals surface area contributed by atoms with Crippen molar-refractivity contribution in [3.63, 3.8) is 0 Å². The van der Waals surface area contributed by atoms with Crippen molar-refractivity contribution < 1.29 is 18.1 Å². The van der Waals surface area contributed by atoms with Crippen molar-refractivity contribution in [1.29, 1.82) is 0 Å². The van der Waals surface area contributed by atoms with Gasteiger partial charge in [-0.15, -0.1) is 10.2 Å². The highest BCUT2D eigenvalue weighted by molar-refractivity contribution is 7.99. The van der Waals surface area contributed by atoms with E-state index < -0.39 is 17.5 Å². The van der Waals surface area contributed by atoms with Crippen LogP contribution < -0.4 is 5.32 Å². The summed E-state index contributed by atoms with van der Waals surface area (Å²) in [6.45, 7) is 0. The number of benzene rings is 2. The van der Waals surface area contributed by atoms with Gasteiger partial charge in [0.25, 0.3) is 5.89 Å². The lowest BCUT2D eigenvalue weighted by molar-refractivity contribution is -0.113. The summed E-state index contributed by atoms with van der Waals surface area (Å²) in [6.07, 6.45) is 0. The summed E-state index contributed by atoms with van der Waals surface area (Å²) < 4.78 is 33.5. The molecule has 11 heteroatoms. The van der Waals surface area contributed by atoms with Crippen LogP contribution in [-0.2, 0) is 11.8 Å². The van der Waals surface area contributed by atoms with Gasteiger partial charge in [-0.3, -0.25) is 4.79 Å². The second kappa shape index (κ2) is 8.41. The zero-order valence-corrected chi connectivity index (χ0v) is 16.4. The molecule has 1 N–H and O–H groups in total. The molecule has 0 aliphatic rings. The van der Waals surface area contributed by atoms with E-state index in [-0.39, 0.29) is 17.3 Å². The third-order valence-corrected chi connectivity index (χ3v) is 5.04. The van der Waals surface area contributed by atoms with E-state index in [2.05, 4.69) is 25.7 Å². The Bertz CT molecular complexity index is 1190. The third kappa shape index (κ3) is 4.20. The molecule has 0 saturated carbocycles. The molecular formula is C19H14F2N6O2S. The molecule has 0 aliphatic carbocycles. The molecule has 4 rings (SSSR count). The number of nitrogens with one attached hydrogen (secondary N) is 1. The van der Waals surface area contributed by atoms with Crippen LogP contribution in [0.5, 0.6) is 0 Å². The molecule has 0 bridgehead atoms. The first-order valence-electron chi connectivity index (χ1n) is 8.68. The molecule has 0 radical (unpaired) electrons. The molecule has 152 valence electrons. The Kier molecular flexibility index (Phi) is 5.53. The van der Waals surface area contributed by atoms with Crippen molar-refractivity contribution >= 4 is 23.4 Å². The summed E-state index contributed by atoms with van der Waals surface area (Å²) in [5, 5.41) is 14.8. The molecule has 2 aromatic heterocycles. The number of thioether (sulfide) groups is 1. The van der Waals surface area contributed by atoms with E-state index in [0.29, 0.717) is 22.9 Å². The maximum Gasteiger partial charge on any atom is 0.296 e. The molecule has 2 heterocycles. The second-order valence-corrected chi connectivity index (χ2v) is 7.06. The molecule has 0 atom stereocenters. The Morgan fingerprint density at radius 1 is 1.17 bits per heavy atom. The van der Waals surface area contributed by atoms with Gasteiger partial charge < -0.3 is 14.4 Å². The number of rotatable bonds is 6. The molecule has 2 aromatic carbocycles. The topological polar surface area (TPSA) is 98.7 Å². The minimum absolute atomic E-state index is 0.0537. The first kappa shape index (κ1) is 19.7. The third-order valence-electron chi connectivity index (χ3n) is 4.02. The Balaban J connectivity index is 1.42. The zero-order valence-electron chi connectivity index (χ0n) is 15.5. The van der Waals surface area contributed by atoms with Crippen molar-refractivity contribution in [3.8, 4) is 23.1 Å². The summed E-state index contributed by atoms with van der Waals surface area (Å²) in [7, 11) is 1.70. The quantitative estimate of drug-likeness (QED) is 0.469. The van der Waals surface area contributed by atoms with E-state index in [4.69, 9.17) is 4.52 Å². The SMILES string of the molecule is Cn1c(SCC(=O)Nc2ccc(F)cc2F)nnc1-c1nc(-c2ccccc2)no1. The predicted octanol–water partition coefficient (Wildman–Crippen LogP) is 3.54. The van der Waals surface area contributed by atoms with Crippen LogP contribution in [0.15, 0.2) is 58.2 Å². The monoisotopic (exact) mass is 428 g/mol. The highest BCUT2D eigenvalue weighted by Crippen LogP contribution is 2.24. The lowest BCUT2D eigenvalue weighted by Crippen LogP contribution is -2.15. The van der Waals surface area contributed by atoms with E-state index in [1.54, 1.807) is 11.6 Å². The molecule has 0 fully saturated rings. The number of halogens is 2. The maximum absolute atomic E-state index is 13.6. The van der Waals surface area contributed by atoms with E-state index in [1.165, 1.54) is 0 Å². The van der Waals surface area contributed by atoms with E-state index in [1.807, 2.05) is 30.3 Å². The number of hydrogen-bond donors (Lipinski definition) is 1. The van der Waals surface area contributed by atoms with Gasteiger partial charge in [-0.2, -0.15) is 4.98 Å². The fourth-order valence-electron chi connectivity index (χ4n) is 2.55. The minimum atomic E-state index is -0.847. The first-order valence-corrected chi connectivity index (χ1v) is 9.66. The average Bonchev–Trinajstić information content (AvgIpc) is 3.36. The Morgan fingerprint density at radius 2 is 1.97 bits per heavy atom. The smallest absolute Gasteiger partial charge is 0.296 e. The Morgan fingerprint density at radius 3 is 2.73 bits per heavy atom. The number of aromatic nitrogens is 5. The molecule has 4 aromatic rings. The predicted molar refractivity (Wildman–Crippen MR) is 105 cm³/mol. The van der Waals surface area contributed by atoms with Crippen molar-refractivity contribution in [2.75, 3.05) is 11.1 Å². The summed E-state index contributed by atoms with van der Waals surface area (Å²) in [4.78, 5) is 16.4. The minimum Gasteiger partial charge on any atom is -0.330 e. The van der Waals surface area contributed by atoms with Crippen LogP contribution >= 0.6 is 11.8 Å². The van der Waals surface area contributed by atoms with Gasteiger partial charge in [-0.1, -0.05) is 47.3 Å². The molecule has 1 amide bonds. The Hall–Kier alpha value is -3.60. The average molecular weight is 428 g/mol. The lowest BCUT2D eigenvalue weighted by Gasteiger charge is -2.06. The maximum atomic E-state index is 13.6. The van der Waals surface area contributed by atoms with E-state index >= 15 is 0 Å². The van der Waals surface area contributed by atoms with Crippen LogP contribution in [0.2, 0.25) is 0 Å². The van der Waals surface area contributed by atoms with Crippen LogP contribution in [0, 0.1) is 11.6 Å². The fraction of sp³-hybridized carbons (Fsp3) is 0.105. The molecule has 0 unspecified atom stereocenters. The second-order valence-electron chi connectivity index (χ2n) is 6.12. The van der Waals surface area contributed by atoms with Crippen LogP contribution in [0.1, 0.15) is 0 Å². The van der Waals surface area contributed by atoms with Crippen molar-refractivity contribution in [2.45, 2.75) is 5.16 Å². The van der Waals surface area contributed by atoms with Crippen molar-refractivity contribution in [2.24, 2.45) is 7.05 Å². The molecule has 8 nitrogen and oxygen atoms in total. The van der Waals surface area contributed by atoms with E-state index in [0.717, 1.165) is 29.5 Å². The van der Waals surface area contributed by atoms with Gasteiger partial charge in [0, 0.05) is 18.7 Å². The van der Waals surface area contributed by atoms with Gasteiger partial charge in [-0.25, -0.2) is 8.78 Å². The molecule has 0 saturated heterocycles. The van der Waals surface area contributed by atoms with Crippen molar-refractivity contribution in [1.82, 2.24) is 24.9 Å². The molecule has 0 aliphatic heterocycles. The van der Waals surface area contributed by atoms with Gasteiger partial charge >= 0.3 is 0 Å². The van der Waals surface area contributed by atoms with Crippen LogP contribution in [0.25, 0.3) is 23.1 Å². The number of amides is 1. The zero-order chi connectivity index (χ0) is 21.1. The summed E-state index contributed by atoms with van der Waals surface area (Å²) >= 11 is 1.09. The number of anilines is 1. The molecule has 0 spiro atoms. The number of nitrogens with zero attached hydrogens (tertiary/aromatic N) is 5. The summed E-state index contributed by atoms with van der Waals surface area (Å²) in [5.41, 5.74) is 0.703.